The van der Waals surface area contributed by atoms with Crippen LogP contribution in [0.25, 0.3) is 0 Å². The average Bonchev–Trinajstić information content (AvgIpc) is 3.20. The molecular weight excluding hydrogens is 240 g/mol. The van der Waals surface area contributed by atoms with Crippen LogP contribution < -0.4 is 5.32 Å². The number of hydrogen-bond acceptors (Lipinski definition) is 4. The Kier molecular flexibility index (Phi) is 5.64. The van der Waals surface area contributed by atoms with E-state index in [1.165, 1.54) is 25.7 Å². The zero-order valence-corrected chi connectivity index (χ0v) is 12.4. The molecule has 2 atom stereocenters. The number of carbonyl (C=O) groups is 1. The Hall–Kier alpha value is -0.610. The molecule has 1 aliphatic carbocycles. The van der Waals surface area contributed by atoms with E-state index >= 15 is 0 Å². The molecule has 1 aliphatic heterocycles. The Morgan fingerprint density at radius 1 is 1.26 bits per heavy atom. The van der Waals surface area contributed by atoms with Crippen LogP contribution in [0.1, 0.15) is 39.5 Å². The zero-order valence-electron chi connectivity index (χ0n) is 12.4. The summed E-state index contributed by atoms with van der Waals surface area (Å²) in [5.41, 5.74) is 0. The molecule has 2 fully saturated rings. The van der Waals surface area contributed by atoms with Crippen molar-refractivity contribution in [3.8, 4) is 0 Å². The number of nitrogens with zero attached hydrogens (tertiary/aromatic N) is 1. The predicted molar refractivity (Wildman–Crippen MR) is 76.0 cm³/mol. The Morgan fingerprint density at radius 3 is 2.68 bits per heavy atom. The molecule has 4 heteroatoms. The summed E-state index contributed by atoms with van der Waals surface area (Å²) in [6.45, 7) is 8.23. The van der Waals surface area contributed by atoms with Gasteiger partial charge in [0.2, 0.25) is 0 Å². The quantitative estimate of drug-likeness (QED) is 0.713. The van der Waals surface area contributed by atoms with Gasteiger partial charge in [0, 0.05) is 19.1 Å². The Balaban J connectivity index is 1.78. The number of carbonyl (C=O) groups excluding carboxylic acids is 1. The molecular formula is C15H28N2O2. The van der Waals surface area contributed by atoms with Crippen molar-refractivity contribution in [2.75, 3.05) is 32.8 Å². The summed E-state index contributed by atoms with van der Waals surface area (Å²) in [6, 6.07) is 0.550. The Morgan fingerprint density at radius 2 is 2.05 bits per heavy atom. The smallest absolute Gasteiger partial charge is 0.320 e. The number of piperidine rings is 1. The third-order valence-corrected chi connectivity index (χ3v) is 4.24. The van der Waals surface area contributed by atoms with Crippen molar-refractivity contribution in [3.63, 3.8) is 0 Å². The van der Waals surface area contributed by atoms with E-state index in [1.807, 2.05) is 6.92 Å². The second-order valence-electron chi connectivity index (χ2n) is 6.06. The maximum absolute atomic E-state index is 11.6. The topological polar surface area (TPSA) is 41.6 Å². The van der Waals surface area contributed by atoms with Crippen LogP contribution in [0.5, 0.6) is 0 Å². The minimum absolute atomic E-state index is 0.0832. The van der Waals surface area contributed by atoms with Crippen molar-refractivity contribution in [2.45, 2.75) is 45.6 Å². The van der Waals surface area contributed by atoms with Gasteiger partial charge in [0.05, 0.1) is 13.2 Å². The van der Waals surface area contributed by atoms with Gasteiger partial charge in [-0.25, -0.2) is 0 Å². The molecule has 19 heavy (non-hydrogen) atoms. The maximum Gasteiger partial charge on any atom is 0.320 e. The second kappa shape index (κ2) is 7.25. The first-order chi connectivity index (χ1) is 9.21. The van der Waals surface area contributed by atoms with Crippen molar-refractivity contribution in [2.24, 2.45) is 11.8 Å². The first-order valence-corrected chi connectivity index (χ1v) is 7.82. The molecule has 1 N–H and O–H groups in total. The van der Waals surface area contributed by atoms with E-state index < -0.39 is 0 Å². The van der Waals surface area contributed by atoms with Crippen LogP contribution in [-0.2, 0) is 9.53 Å². The monoisotopic (exact) mass is 268 g/mol. The molecule has 110 valence electrons. The fraction of sp³-hybridized carbons (Fsp3) is 0.933. The Bertz CT molecular complexity index is 292. The number of esters is 1. The van der Waals surface area contributed by atoms with E-state index in [4.69, 9.17) is 4.74 Å². The summed E-state index contributed by atoms with van der Waals surface area (Å²) >= 11 is 0. The highest BCUT2D eigenvalue weighted by Gasteiger charge is 2.29. The van der Waals surface area contributed by atoms with Crippen LogP contribution in [0.4, 0.5) is 0 Å². The van der Waals surface area contributed by atoms with Crippen molar-refractivity contribution >= 4 is 5.97 Å². The van der Waals surface area contributed by atoms with Gasteiger partial charge in [0.15, 0.2) is 0 Å². The van der Waals surface area contributed by atoms with Gasteiger partial charge in [-0.05, 0) is 44.6 Å². The van der Waals surface area contributed by atoms with Gasteiger partial charge in [-0.3, -0.25) is 9.69 Å². The number of rotatable bonds is 7. The lowest BCUT2D eigenvalue weighted by atomic mass is 9.92. The van der Waals surface area contributed by atoms with Crippen molar-refractivity contribution in [1.29, 1.82) is 0 Å². The van der Waals surface area contributed by atoms with Gasteiger partial charge >= 0.3 is 5.97 Å². The molecule has 2 rings (SSSR count). The van der Waals surface area contributed by atoms with Gasteiger partial charge < -0.3 is 10.1 Å². The molecule has 0 spiro atoms. The zero-order chi connectivity index (χ0) is 13.7. The number of ether oxygens (including phenoxy) is 1. The fourth-order valence-corrected chi connectivity index (χ4v) is 2.92. The van der Waals surface area contributed by atoms with Crippen LogP contribution in [0.2, 0.25) is 0 Å². The van der Waals surface area contributed by atoms with Gasteiger partial charge in [-0.1, -0.05) is 13.3 Å². The van der Waals surface area contributed by atoms with Crippen molar-refractivity contribution in [3.05, 3.63) is 0 Å². The van der Waals surface area contributed by atoms with Gasteiger partial charge in [-0.15, -0.1) is 0 Å². The van der Waals surface area contributed by atoms with E-state index in [0.717, 1.165) is 25.6 Å². The summed E-state index contributed by atoms with van der Waals surface area (Å²) in [4.78, 5) is 13.9. The maximum atomic E-state index is 11.6. The number of hydrogen-bond donors (Lipinski definition) is 1. The third-order valence-electron chi connectivity index (χ3n) is 4.24. The minimum Gasteiger partial charge on any atom is -0.465 e. The summed E-state index contributed by atoms with van der Waals surface area (Å²) in [5, 5.41) is 3.69. The van der Waals surface area contributed by atoms with E-state index in [2.05, 4.69) is 17.1 Å². The van der Waals surface area contributed by atoms with Gasteiger partial charge in [-0.2, -0.15) is 0 Å². The molecule has 0 radical (unpaired) electrons. The predicted octanol–water partition coefficient (Wildman–Crippen LogP) is 1.65. The average molecular weight is 268 g/mol. The first-order valence-electron chi connectivity index (χ1n) is 7.82. The lowest BCUT2D eigenvalue weighted by Gasteiger charge is -2.37. The normalized spacial score (nSPS) is 28.3. The highest BCUT2D eigenvalue weighted by atomic mass is 16.5. The molecule has 1 heterocycles. The lowest BCUT2D eigenvalue weighted by molar-refractivity contribution is -0.145. The van der Waals surface area contributed by atoms with Gasteiger partial charge in [0.1, 0.15) is 0 Å². The molecule has 0 aromatic carbocycles. The van der Waals surface area contributed by atoms with Crippen LogP contribution >= 0.6 is 0 Å². The second-order valence-corrected chi connectivity index (χ2v) is 6.06. The standard InChI is InChI=1S/C15H28N2O2/c1-3-12-7-14(16-8-13-5-6-13)10-17(9-12)11-15(18)19-4-2/h12-14,16H,3-11H2,1-2H3. The van der Waals surface area contributed by atoms with Crippen LogP contribution in [0.3, 0.4) is 0 Å². The third kappa shape index (κ3) is 5.11. The summed E-state index contributed by atoms with van der Waals surface area (Å²) < 4.78 is 5.06. The van der Waals surface area contributed by atoms with E-state index in [9.17, 15) is 4.79 Å². The lowest BCUT2D eigenvalue weighted by Crippen LogP contribution is -2.51. The minimum atomic E-state index is -0.0832. The molecule has 1 saturated heterocycles. The molecule has 0 bridgehead atoms. The van der Waals surface area contributed by atoms with Gasteiger partial charge in [0.25, 0.3) is 0 Å². The molecule has 2 unspecified atom stereocenters. The van der Waals surface area contributed by atoms with Crippen LogP contribution in [0.15, 0.2) is 0 Å². The van der Waals surface area contributed by atoms with E-state index in [1.54, 1.807) is 0 Å². The summed E-state index contributed by atoms with van der Waals surface area (Å²) in [6.07, 6.45) is 5.23. The van der Waals surface area contributed by atoms with Crippen molar-refractivity contribution < 1.29 is 9.53 Å². The Labute approximate surface area is 116 Å². The van der Waals surface area contributed by atoms with E-state index in [-0.39, 0.29) is 5.97 Å². The number of nitrogens with one attached hydrogen (secondary N) is 1. The SMILES string of the molecule is CCOC(=O)CN1CC(CC)CC(NCC2CC2)C1. The largest absolute Gasteiger partial charge is 0.465 e. The first kappa shape index (κ1) is 14.8. The number of likely N-dealkylation sites (tertiary alicyclic amines) is 1. The molecule has 4 nitrogen and oxygen atoms in total. The highest BCUT2D eigenvalue weighted by molar-refractivity contribution is 5.71. The fourth-order valence-electron chi connectivity index (χ4n) is 2.92. The van der Waals surface area contributed by atoms with Crippen LogP contribution in [0, 0.1) is 11.8 Å². The molecule has 1 saturated carbocycles. The molecule has 2 aliphatic rings. The molecule has 0 amide bonds. The van der Waals surface area contributed by atoms with Crippen molar-refractivity contribution in [1.82, 2.24) is 10.2 Å². The van der Waals surface area contributed by atoms with E-state index in [0.29, 0.717) is 25.1 Å². The van der Waals surface area contributed by atoms with Crippen LogP contribution in [-0.4, -0.2) is 49.7 Å². The summed E-state index contributed by atoms with van der Waals surface area (Å²) in [7, 11) is 0. The summed E-state index contributed by atoms with van der Waals surface area (Å²) in [5.74, 6) is 1.54. The molecule has 0 aromatic rings. The molecule has 0 aromatic heterocycles. The highest BCUT2D eigenvalue weighted by Crippen LogP contribution is 2.28.